The van der Waals surface area contributed by atoms with E-state index >= 15 is 0 Å². The molecule has 2 aliphatic heterocycles. The monoisotopic (exact) mass is 398 g/mol. The summed E-state index contributed by atoms with van der Waals surface area (Å²) in [6.07, 6.45) is 2.56. The Morgan fingerprint density at radius 3 is 2.55 bits per heavy atom. The highest BCUT2D eigenvalue weighted by molar-refractivity contribution is 5.84. The standard InChI is InChI=1S/C23H24F2N2O2/c24-17-4-2-16(3-5-17)23(28-12-13-29-23)9-1-10-27-11-8-21-20(15-27)19-7-6-18(25)14-22(19)26-21/h2-7,14,26H,1,8-13,15H2. The van der Waals surface area contributed by atoms with Crippen molar-refractivity contribution in [1.82, 2.24) is 9.88 Å². The third-order valence-electron chi connectivity index (χ3n) is 6.03. The molecule has 2 aromatic carbocycles. The van der Waals surface area contributed by atoms with Gasteiger partial charge in [0, 0.05) is 48.1 Å². The minimum Gasteiger partial charge on any atom is -0.358 e. The molecule has 3 aromatic rings. The van der Waals surface area contributed by atoms with Crippen molar-refractivity contribution in [2.24, 2.45) is 0 Å². The van der Waals surface area contributed by atoms with Crippen LogP contribution in [0, 0.1) is 11.6 Å². The molecule has 0 saturated carbocycles. The average Bonchev–Trinajstić information content (AvgIpc) is 3.33. The van der Waals surface area contributed by atoms with Crippen LogP contribution in [0.4, 0.5) is 8.78 Å². The maximum Gasteiger partial charge on any atom is 0.195 e. The van der Waals surface area contributed by atoms with Gasteiger partial charge in [-0.15, -0.1) is 0 Å². The number of nitrogens with one attached hydrogen (secondary N) is 1. The number of aromatic nitrogens is 1. The average molecular weight is 398 g/mol. The second kappa shape index (κ2) is 7.52. The zero-order valence-corrected chi connectivity index (χ0v) is 16.2. The molecule has 0 radical (unpaired) electrons. The highest BCUT2D eigenvalue weighted by atomic mass is 19.1. The maximum atomic E-state index is 13.5. The van der Waals surface area contributed by atoms with Crippen molar-refractivity contribution >= 4 is 10.9 Å². The van der Waals surface area contributed by atoms with Gasteiger partial charge in [-0.3, -0.25) is 4.90 Å². The summed E-state index contributed by atoms with van der Waals surface area (Å²) >= 11 is 0. The lowest BCUT2D eigenvalue weighted by molar-refractivity contribution is -0.172. The number of rotatable bonds is 5. The van der Waals surface area contributed by atoms with Gasteiger partial charge in [-0.1, -0.05) is 12.1 Å². The Morgan fingerprint density at radius 1 is 1.00 bits per heavy atom. The van der Waals surface area contributed by atoms with E-state index in [2.05, 4.69) is 9.88 Å². The van der Waals surface area contributed by atoms with E-state index < -0.39 is 5.79 Å². The first-order valence-corrected chi connectivity index (χ1v) is 10.2. The molecule has 0 amide bonds. The lowest BCUT2D eigenvalue weighted by Crippen LogP contribution is -2.33. The van der Waals surface area contributed by atoms with E-state index in [1.165, 1.54) is 29.5 Å². The van der Waals surface area contributed by atoms with Crippen LogP contribution in [0.15, 0.2) is 42.5 Å². The van der Waals surface area contributed by atoms with Gasteiger partial charge in [-0.2, -0.15) is 0 Å². The van der Waals surface area contributed by atoms with Crippen molar-refractivity contribution in [2.75, 3.05) is 26.3 Å². The molecule has 1 N–H and O–H groups in total. The number of halogens is 2. The number of aromatic amines is 1. The lowest BCUT2D eigenvalue weighted by atomic mass is 9.99. The molecule has 1 fully saturated rings. The summed E-state index contributed by atoms with van der Waals surface area (Å²) in [6, 6.07) is 11.4. The molecule has 0 aliphatic carbocycles. The van der Waals surface area contributed by atoms with Crippen LogP contribution in [0.5, 0.6) is 0 Å². The zero-order valence-electron chi connectivity index (χ0n) is 16.2. The van der Waals surface area contributed by atoms with E-state index in [0.717, 1.165) is 55.4 Å². The quantitative estimate of drug-likeness (QED) is 0.688. The molecular weight excluding hydrogens is 374 g/mol. The molecule has 29 heavy (non-hydrogen) atoms. The first-order chi connectivity index (χ1) is 14.1. The Balaban J connectivity index is 1.26. The molecule has 3 heterocycles. The molecule has 0 spiro atoms. The lowest BCUT2D eigenvalue weighted by Gasteiger charge is -2.31. The third kappa shape index (κ3) is 3.56. The summed E-state index contributed by atoms with van der Waals surface area (Å²) < 4.78 is 38.8. The van der Waals surface area contributed by atoms with Crippen LogP contribution in [0.1, 0.15) is 29.7 Å². The van der Waals surface area contributed by atoms with Gasteiger partial charge in [-0.05, 0) is 48.9 Å². The fourth-order valence-electron chi connectivity index (χ4n) is 4.59. The fraction of sp³-hybridized carbons (Fsp3) is 0.391. The summed E-state index contributed by atoms with van der Waals surface area (Å²) in [7, 11) is 0. The topological polar surface area (TPSA) is 37.5 Å². The number of hydrogen-bond donors (Lipinski definition) is 1. The first kappa shape index (κ1) is 18.7. The third-order valence-corrected chi connectivity index (χ3v) is 6.03. The number of fused-ring (bicyclic) bond motifs is 3. The summed E-state index contributed by atoms with van der Waals surface area (Å²) in [5.41, 5.74) is 4.23. The van der Waals surface area contributed by atoms with E-state index in [4.69, 9.17) is 9.47 Å². The molecule has 0 bridgehead atoms. The molecule has 0 atom stereocenters. The first-order valence-electron chi connectivity index (χ1n) is 10.2. The number of ether oxygens (including phenoxy) is 2. The second-order valence-corrected chi connectivity index (χ2v) is 7.86. The van der Waals surface area contributed by atoms with Crippen LogP contribution in [0.2, 0.25) is 0 Å². The highest BCUT2D eigenvalue weighted by Crippen LogP contribution is 2.36. The van der Waals surface area contributed by atoms with Crippen molar-refractivity contribution in [2.45, 2.75) is 31.6 Å². The highest BCUT2D eigenvalue weighted by Gasteiger charge is 2.38. The number of H-pyrrole nitrogens is 1. The van der Waals surface area contributed by atoms with Crippen LogP contribution >= 0.6 is 0 Å². The van der Waals surface area contributed by atoms with E-state index in [1.54, 1.807) is 18.2 Å². The molecule has 6 heteroatoms. The maximum absolute atomic E-state index is 13.5. The van der Waals surface area contributed by atoms with Crippen molar-refractivity contribution in [3.63, 3.8) is 0 Å². The van der Waals surface area contributed by atoms with Crippen molar-refractivity contribution < 1.29 is 18.3 Å². The summed E-state index contributed by atoms with van der Waals surface area (Å²) in [5.74, 6) is -1.24. The van der Waals surface area contributed by atoms with E-state index in [9.17, 15) is 8.78 Å². The normalized spacial score (nSPS) is 19.0. The van der Waals surface area contributed by atoms with E-state index in [0.29, 0.717) is 13.2 Å². The predicted octanol–water partition coefficient (Wildman–Crippen LogP) is 4.48. The SMILES string of the molecule is Fc1ccc(C2(CCCN3CCc4[nH]c5cc(F)ccc5c4C3)OCCO2)cc1. The van der Waals surface area contributed by atoms with Gasteiger partial charge in [0.05, 0.1) is 13.2 Å². The molecule has 2 aliphatic rings. The van der Waals surface area contributed by atoms with Crippen LogP contribution in [0.3, 0.4) is 0 Å². The Kier molecular flexibility index (Phi) is 4.86. The molecular formula is C23H24F2N2O2. The van der Waals surface area contributed by atoms with E-state index in [1.807, 2.05) is 6.07 Å². The molecule has 4 nitrogen and oxygen atoms in total. The number of hydrogen-bond acceptors (Lipinski definition) is 3. The molecule has 1 aromatic heterocycles. The van der Waals surface area contributed by atoms with Crippen molar-refractivity contribution in [3.8, 4) is 0 Å². The second-order valence-electron chi connectivity index (χ2n) is 7.86. The van der Waals surface area contributed by atoms with Gasteiger partial charge in [0.25, 0.3) is 0 Å². The van der Waals surface area contributed by atoms with Crippen molar-refractivity contribution in [1.29, 1.82) is 0 Å². The smallest absolute Gasteiger partial charge is 0.195 e. The van der Waals surface area contributed by atoms with Crippen LogP contribution in [-0.2, 0) is 28.2 Å². The Morgan fingerprint density at radius 2 is 1.76 bits per heavy atom. The summed E-state index contributed by atoms with van der Waals surface area (Å²) in [4.78, 5) is 5.80. The van der Waals surface area contributed by atoms with Gasteiger partial charge in [-0.25, -0.2) is 8.78 Å². The van der Waals surface area contributed by atoms with Crippen LogP contribution < -0.4 is 0 Å². The van der Waals surface area contributed by atoms with Crippen molar-refractivity contribution in [3.05, 3.63) is 70.9 Å². The number of benzene rings is 2. The fourth-order valence-corrected chi connectivity index (χ4v) is 4.59. The largest absolute Gasteiger partial charge is 0.358 e. The van der Waals surface area contributed by atoms with Gasteiger partial charge >= 0.3 is 0 Å². The van der Waals surface area contributed by atoms with E-state index in [-0.39, 0.29) is 11.6 Å². The molecule has 152 valence electrons. The summed E-state index contributed by atoms with van der Waals surface area (Å²) in [6.45, 7) is 3.84. The van der Waals surface area contributed by atoms with Gasteiger partial charge in [0.1, 0.15) is 11.6 Å². The van der Waals surface area contributed by atoms with Gasteiger partial charge in [0.15, 0.2) is 5.79 Å². The Labute approximate surface area is 168 Å². The Hall–Kier alpha value is -2.28. The predicted molar refractivity (Wildman–Crippen MR) is 106 cm³/mol. The minimum absolute atomic E-state index is 0.212. The van der Waals surface area contributed by atoms with Crippen LogP contribution in [0.25, 0.3) is 10.9 Å². The summed E-state index contributed by atoms with van der Waals surface area (Å²) in [5, 5.41) is 1.11. The number of nitrogens with zero attached hydrogens (tertiary/aromatic N) is 1. The molecule has 5 rings (SSSR count). The van der Waals surface area contributed by atoms with Gasteiger partial charge in [0.2, 0.25) is 0 Å². The van der Waals surface area contributed by atoms with Gasteiger partial charge < -0.3 is 14.5 Å². The minimum atomic E-state index is -0.771. The molecule has 1 saturated heterocycles. The molecule has 0 unspecified atom stereocenters. The zero-order chi connectivity index (χ0) is 19.8. The van der Waals surface area contributed by atoms with Crippen LogP contribution in [-0.4, -0.2) is 36.2 Å². The Bertz CT molecular complexity index is 1010.